The number of aryl methyl sites for hydroxylation is 1. The van der Waals surface area contributed by atoms with Gasteiger partial charge in [-0.25, -0.2) is 0 Å². The van der Waals surface area contributed by atoms with Gasteiger partial charge in [-0.1, -0.05) is 6.07 Å². The minimum atomic E-state index is -1.54. The van der Waals surface area contributed by atoms with E-state index >= 15 is 0 Å². The minimum absolute atomic E-state index is 0.342. The fraction of sp³-hybridized carbons (Fsp3) is 0.529. The number of nitrogens with zero attached hydrogens (tertiary/aromatic N) is 2. The molecule has 126 valence electrons. The topological polar surface area (TPSA) is 59.1 Å². The van der Waals surface area contributed by atoms with Crippen molar-refractivity contribution in [3.63, 3.8) is 0 Å². The van der Waals surface area contributed by atoms with E-state index in [1.165, 1.54) is 11.8 Å². The van der Waals surface area contributed by atoms with Gasteiger partial charge in [-0.05, 0) is 38.0 Å². The van der Waals surface area contributed by atoms with Crippen molar-refractivity contribution < 1.29 is 19.1 Å². The molecular weight excluding hydrogens is 296 g/mol. The number of hydrogen-bond donors (Lipinski definition) is 0. The second kappa shape index (κ2) is 6.58. The normalized spacial score (nSPS) is 20.0. The number of rotatable bonds is 5. The number of methoxy groups -OCH3 is 1. The van der Waals surface area contributed by atoms with Crippen molar-refractivity contribution in [2.75, 3.05) is 39.3 Å². The summed E-state index contributed by atoms with van der Waals surface area (Å²) in [6.07, 6.45) is 0.682. The monoisotopic (exact) mass is 320 g/mol. The highest BCUT2D eigenvalue weighted by Crippen LogP contribution is 2.39. The van der Waals surface area contributed by atoms with Crippen LogP contribution < -0.4 is 9.64 Å². The molecule has 0 N–H and O–H groups in total. The Labute approximate surface area is 137 Å². The van der Waals surface area contributed by atoms with Gasteiger partial charge in [0.15, 0.2) is 0 Å². The summed E-state index contributed by atoms with van der Waals surface area (Å²) in [5.74, 6) is -0.166. The maximum atomic E-state index is 13.0. The molecule has 0 aromatic heterocycles. The summed E-state index contributed by atoms with van der Waals surface area (Å²) in [5, 5.41) is 0. The molecule has 1 aliphatic heterocycles. The lowest BCUT2D eigenvalue weighted by Gasteiger charge is -2.40. The van der Waals surface area contributed by atoms with Crippen LogP contribution in [0.1, 0.15) is 18.9 Å². The summed E-state index contributed by atoms with van der Waals surface area (Å²) in [7, 11) is 4.85. The Bertz CT molecular complexity index is 615. The lowest BCUT2D eigenvalue weighted by Crippen LogP contribution is -2.62. The van der Waals surface area contributed by atoms with Crippen molar-refractivity contribution in [2.24, 2.45) is 0 Å². The molecule has 1 heterocycles. The molecule has 0 fully saturated rings. The molecule has 2 rings (SSSR count). The molecule has 0 bridgehead atoms. The molecule has 2 amide bonds. The molecule has 1 atom stereocenters. The molecule has 1 aliphatic rings. The molecule has 23 heavy (non-hydrogen) atoms. The van der Waals surface area contributed by atoms with Gasteiger partial charge in [0.05, 0.1) is 5.69 Å². The van der Waals surface area contributed by atoms with Crippen molar-refractivity contribution in [1.82, 2.24) is 4.90 Å². The van der Waals surface area contributed by atoms with Crippen molar-refractivity contribution in [3.8, 4) is 5.75 Å². The highest BCUT2D eigenvalue weighted by molar-refractivity contribution is 6.16. The number of likely N-dealkylation sites (N-methyl/N-ethyl adjacent to an activating group) is 1. The smallest absolute Gasteiger partial charge is 0.280 e. The second-order valence-corrected chi connectivity index (χ2v) is 6.11. The summed E-state index contributed by atoms with van der Waals surface area (Å²) in [5.41, 5.74) is 0.188. The van der Waals surface area contributed by atoms with Crippen molar-refractivity contribution >= 4 is 17.5 Å². The summed E-state index contributed by atoms with van der Waals surface area (Å²) in [6, 6.07) is 5.61. The van der Waals surface area contributed by atoms with Crippen LogP contribution in [0.4, 0.5) is 5.69 Å². The van der Waals surface area contributed by atoms with E-state index in [9.17, 15) is 9.59 Å². The molecule has 0 saturated heterocycles. The van der Waals surface area contributed by atoms with Crippen LogP contribution in [0.3, 0.4) is 0 Å². The van der Waals surface area contributed by atoms with E-state index in [0.717, 1.165) is 5.56 Å². The van der Waals surface area contributed by atoms with Gasteiger partial charge in [-0.15, -0.1) is 0 Å². The number of ether oxygens (including phenoxy) is 2. The zero-order chi connectivity index (χ0) is 17.2. The molecule has 0 saturated carbocycles. The molecule has 6 nitrogen and oxygen atoms in total. The summed E-state index contributed by atoms with van der Waals surface area (Å²) in [6.45, 7) is 4.51. The highest BCUT2D eigenvalue weighted by atomic mass is 16.5. The van der Waals surface area contributed by atoms with Crippen LogP contribution in [0, 0.1) is 6.92 Å². The standard InChI is InChI=1S/C17H24N2O4/c1-12-7-8-14-13(11-12)19(9-6-10-22-5)16(21)17(2,23-14)15(20)18(3)4/h7-8,11H,6,9-10H2,1-5H3. The van der Waals surface area contributed by atoms with Gasteiger partial charge in [0.2, 0.25) is 0 Å². The Kier molecular flexibility index (Phi) is 4.94. The molecule has 1 aromatic rings. The van der Waals surface area contributed by atoms with E-state index in [2.05, 4.69) is 0 Å². The summed E-state index contributed by atoms with van der Waals surface area (Å²) in [4.78, 5) is 28.5. The third-order valence-corrected chi connectivity index (χ3v) is 3.92. The number of amides is 2. The molecule has 0 aliphatic carbocycles. The predicted molar refractivity (Wildman–Crippen MR) is 87.8 cm³/mol. The van der Waals surface area contributed by atoms with Crippen molar-refractivity contribution in [2.45, 2.75) is 25.9 Å². The fourth-order valence-corrected chi connectivity index (χ4v) is 2.71. The van der Waals surface area contributed by atoms with Crippen molar-refractivity contribution in [1.29, 1.82) is 0 Å². The Balaban J connectivity index is 2.44. The quantitative estimate of drug-likeness (QED) is 0.611. The van der Waals surface area contributed by atoms with E-state index in [0.29, 0.717) is 31.0 Å². The first-order valence-corrected chi connectivity index (χ1v) is 7.63. The van der Waals surface area contributed by atoms with Crippen LogP contribution >= 0.6 is 0 Å². The van der Waals surface area contributed by atoms with Gasteiger partial charge >= 0.3 is 0 Å². The number of anilines is 1. The second-order valence-electron chi connectivity index (χ2n) is 6.11. The Hall–Kier alpha value is -2.08. The van der Waals surface area contributed by atoms with Gasteiger partial charge in [0, 0.05) is 34.4 Å². The van der Waals surface area contributed by atoms with Gasteiger partial charge < -0.3 is 19.3 Å². The first-order valence-electron chi connectivity index (χ1n) is 7.63. The zero-order valence-corrected chi connectivity index (χ0v) is 14.4. The number of carbonyl (C=O) groups is 2. The number of benzene rings is 1. The average Bonchev–Trinajstić information content (AvgIpc) is 2.51. The molecular formula is C17H24N2O4. The van der Waals surface area contributed by atoms with Crippen LogP contribution in [0.5, 0.6) is 5.75 Å². The summed E-state index contributed by atoms with van der Waals surface area (Å²) >= 11 is 0. The maximum absolute atomic E-state index is 13.0. The SMILES string of the molecule is COCCCN1C(=O)C(C)(C(=O)N(C)C)Oc2ccc(C)cc21. The molecule has 1 aromatic carbocycles. The third kappa shape index (κ3) is 3.17. The zero-order valence-electron chi connectivity index (χ0n) is 14.4. The Morgan fingerprint density at radius 1 is 1.39 bits per heavy atom. The maximum Gasteiger partial charge on any atom is 0.280 e. The number of carbonyl (C=O) groups excluding carboxylic acids is 2. The largest absolute Gasteiger partial charge is 0.465 e. The van der Waals surface area contributed by atoms with E-state index < -0.39 is 5.60 Å². The van der Waals surface area contributed by atoms with Gasteiger partial charge in [-0.3, -0.25) is 9.59 Å². The average molecular weight is 320 g/mol. The van der Waals surface area contributed by atoms with Crippen LogP contribution in [0.2, 0.25) is 0 Å². The van der Waals surface area contributed by atoms with Crippen LogP contribution in [-0.2, 0) is 14.3 Å². The summed E-state index contributed by atoms with van der Waals surface area (Å²) < 4.78 is 10.9. The first kappa shape index (κ1) is 17.3. The Morgan fingerprint density at radius 2 is 2.09 bits per heavy atom. The third-order valence-electron chi connectivity index (χ3n) is 3.92. The molecule has 6 heteroatoms. The van der Waals surface area contributed by atoms with Crippen molar-refractivity contribution in [3.05, 3.63) is 23.8 Å². The number of hydrogen-bond acceptors (Lipinski definition) is 4. The Morgan fingerprint density at radius 3 is 2.70 bits per heavy atom. The van der Waals surface area contributed by atoms with Gasteiger partial charge in [-0.2, -0.15) is 0 Å². The van der Waals surface area contributed by atoms with E-state index in [1.807, 2.05) is 25.1 Å². The fourth-order valence-electron chi connectivity index (χ4n) is 2.71. The lowest BCUT2D eigenvalue weighted by molar-refractivity contribution is -0.154. The van der Waals surface area contributed by atoms with E-state index in [4.69, 9.17) is 9.47 Å². The van der Waals surface area contributed by atoms with Crippen LogP contribution in [0.15, 0.2) is 18.2 Å². The molecule has 1 unspecified atom stereocenters. The van der Waals surface area contributed by atoms with Crippen LogP contribution in [0.25, 0.3) is 0 Å². The molecule has 0 spiro atoms. The minimum Gasteiger partial charge on any atom is -0.465 e. The highest BCUT2D eigenvalue weighted by Gasteiger charge is 2.51. The number of fused-ring (bicyclic) bond motifs is 1. The van der Waals surface area contributed by atoms with Crippen LogP contribution in [-0.4, -0.2) is 56.7 Å². The van der Waals surface area contributed by atoms with Gasteiger partial charge in [0.1, 0.15) is 5.75 Å². The molecule has 0 radical (unpaired) electrons. The predicted octanol–water partition coefficient (Wildman–Crippen LogP) is 1.60. The van der Waals surface area contributed by atoms with E-state index in [-0.39, 0.29) is 11.8 Å². The van der Waals surface area contributed by atoms with E-state index in [1.54, 1.807) is 26.1 Å². The first-order chi connectivity index (χ1) is 10.8. The lowest BCUT2D eigenvalue weighted by atomic mass is 9.98. The van der Waals surface area contributed by atoms with Gasteiger partial charge in [0.25, 0.3) is 17.4 Å².